The molecule has 37 heavy (non-hydrogen) atoms. The zero-order valence-corrected chi connectivity index (χ0v) is 21.2. The van der Waals surface area contributed by atoms with Gasteiger partial charge in [-0.1, -0.05) is 41.4 Å². The van der Waals surface area contributed by atoms with Gasteiger partial charge in [0.15, 0.2) is 10.7 Å². The Hall–Kier alpha value is -4.11. The Morgan fingerprint density at radius 1 is 0.973 bits per heavy atom. The van der Waals surface area contributed by atoms with Gasteiger partial charge in [0.2, 0.25) is 11.8 Å². The van der Waals surface area contributed by atoms with Crippen molar-refractivity contribution in [2.24, 2.45) is 0 Å². The van der Waals surface area contributed by atoms with E-state index < -0.39 is 5.91 Å². The molecule has 7 nitrogen and oxygen atoms in total. The van der Waals surface area contributed by atoms with Crippen molar-refractivity contribution < 1.29 is 18.7 Å². The molecule has 0 fully saturated rings. The summed E-state index contributed by atoms with van der Waals surface area (Å²) in [5.74, 6) is 0.734. The van der Waals surface area contributed by atoms with Gasteiger partial charge in [-0.3, -0.25) is 10.1 Å². The third kappa shape index (κ3) is 5.51. The number of anilines is 1. The smallest absolute Gasteiger partial charge is 0.250 e. The van der Waals surface area contributed by atoms with Crippen molar-refractivity contribution in [1.82, 2.24) is 10.3 Å². The lowest BCUT2D eigenvalue weighted by molar-refractivity contribution is -0.115. The van der Waals surface area contributed by atoms with E-state index in [0.717, 1.165) is 0 Å². The number of carbonyl (C=O) groups excluding carboxylic acids is 1. The summed E-state index contributed by atoms with van der Waals surface area (Å²) in [7, 11) is 0. The van der Waals surface area contributed by atoms with Crippen molar-refractivity contribution in [1.29, 1.82) is 0 Å². The van der Waals surface area contributed by atoms with E-state index in [0.29, 0.717) is 55.4 Å². The quantitative estimate of drug-likeness (QED) is 0.156. The first-order chi connectivity index (χ1) is 17.9. The number of furan rings is 1. The maximum absolute atomic E-state index is 12.3. The third-order valence-electron chi connectivity index (χ3n) is 5.26. The summed E-state index contributed by atoms with van der Waals surface area (Å²) >= 11 is 17.5. The van der Waals surface area contributed by atoms with Gasteiger partial charge in [-0.05, 0) is 66.8 Å². The van der Waals surface area contributed by atoms with Crippen molar-refractivity contribution in [3.63, 3.8) is 0 Å². The molecule has 0 radical (unpaired) electrons. The number of para-hydroxylation sites is 2. The summed E-state index contributed by atoms with van der Waals surface area (Å²) < 4.78 is 11.4. The van der Waals surface area contributed by atoms with Gasteiger partial charge in [-0.2, -0.15) is 0 Å². The average molecular weight is 550 g/mol. The minimum Gasteiger partial charge on any atom is -0.507 e. The highest BCUT2D eigenvalue weighted by Crippen LogP contribution is 2.35. The summed E-state index contributed by atoms with van der Waals surface area (Å²) in [6.45, 7) is 0. The van der Waals surface area contributed by atoms with Crippen LogP contribution in [0.25, 0.3) is 40.0 Å². The van der Waals surface area contributed by atoms with Crippen molar-refractivity contribution >= 4 is 69.3 Å². The van der Waals surface area contributed by atoms with E-state index in [1.807, 2.05) is 18.2 Å². The summed E-state index contributed by atoms with van der Waals surface area (Å²) in [5, 5.41) is 16.7. The molecule has 0 aliphatic rings. The van der Waals surface area contributed by atoms with Gasteiger partial charge in [-0.25, -0.2) is 4.98 Å². The Balaban J connectivity index is 1.20. The number of carbonyl (C=O) groups is 1. The van der Waals surface area contributed by atoms with Gasteiger partial charge < -0.3 is 19.3 Å². The van der Waals surface area contributed by atoms with E-state index in [2.05, 4.69) is 15.6 Å². The number of aromatic nitrogens is 1. The van der Waals surface area contributed by atoms with E-state index in [1.165, 1.54) is 18.2 Å². The minimum absolute atomic E-state index is 0.0505. The topological polar surface area (TPSA) is 101 Å². The third-order valence-corrected chi connectivity index (χ3v) is 6.28. The summed E-state index contributed by atoms with van der Waals surface area (Å²) in [6.07, 6.45) is 2.78. The van der Waals surface area contributed by atoms with Crippen LogP contribution in [0.1, 0.15) is 5.76 Å². The van der Waals surface area contributed by atoms with Gasteiger partial charge in [-0.15, -0.1) is 0 Å². The highest BCUT2D eigenvalue weighted by Gasteiger charge is 2.14. The number of nitrogens with zero attached hydrogens (tertiary/aromatic N) is 1. The first-order valence-electron chi connectivity index (χ1n) is 10.9. The Morgan fingerprint density at radius 2 is 1.81 bits per heavy atom. The van der Waals surface area contributed by atoms with Crippen LogP contribution in [-0.2, 0) is 4.79 Å². The van der Waals surface area contributed by atoms with Crippen LogP contribution >= 0.6 is 35.4 Å². The SMILES string of the molecule is O=C(C=Cc1ccc(-c2cccc(Cl)c2Cl)o1)NC(=S)Nc1ccc(-c2nc3ccccc3o2)c(O)c1. The lowest BCUT2D eigenvalue weighted by Crippen LogP contribution is -2.32. The Bertz CT molecular complexity index is 1640. The number of amides is 1. The summed E-state index contributed by atoms with van der Waals surface area (Å²) in [5.41, 5.74) is 2.86. The highest BCUT2D eigenvalue weighted by atomic mass is 35.5. The number of hydrogen-bond acceptors (Lipinski definition) is 6. The molecule has 5 rings (SSSR count). The monoisotopic (exact) mass is 549 g/mol. The lowest BCUT2D eigenvalue weighted by atomic mass is 10.2. The number of fused-ring (bicyclic) bond motifs is 1. The van der Waals surface area contributed by atoms with Gasteiger partial charge in [0.25, 0.3) is 0 Å². The molecule has 0 saturated carbocycles. The first kappa shape index (κ1) is 24.6. The standard InChI is InChI=1S/C27H17Cl2N3O4S/c28-19-5-3-4-18(25(19)29)22-12-9-16(35-22)10-13-24(34)32-27(37)30-15-8-11-17(21(33)14-15)26-31-20-6-1-2-7-23(20)36-26/h1-14,33H,(H2,30,32,34,37). The second-order valence-electron chi connectivity index (χ2n) is 7.80. The number of phenols is 1. The molecule has 184 valence electrons. The van der Waals surface area contributed by atoms with Crippen molar-refractivity contribution in [2.45, 2.75) is 0 Å². The number of nitrogens with one attached hydrogen (secondary N) is 2. The Labute approximate surface area is 226 Å². The van der Waals surface area contributed by atoms with E-state index in [9.17, 15) is 9.90 Å². The van der Waals surface area contributed by atoms with Crippen LogP contribution in [-0.4, -0.2) is 21.1 Å². The molecule has 2 aromatic heterocycles. The number of hydrogen-bond donors (Lipinski definition) is 3. The minimum atomic E-state index is -0.469. The van der Waals surface area contributed by atoms with Crippen LogP contribution in [0.3, 0.4) is 0 Å². The van der Waals surface area contributed by atoms with E-state index in [1.54, 1.807) is 48.5 Å². The van der Waals surface area contributed by atoms with Gasteiger partial charge in [0, 0.05) is 23.4 Å². The number of halogens is 2. The first-order valence-corrected chi connectivity index (χ1v) is 12.1. The fourth-order valence-corrected chi connectivity index (χ4v) is 4.14. The number of rotatable bonds is 5. The molecular weight excluding hydrogens is 533 g/mol. The van der Waals surface area contributed by atoms with Crippen LogP contribution in [0.15, 0.2) is 87.7 Å². The zero-order valence-electron chi connectivity index (χ0n) is 18.9. The molecule has 0 aliphatic heterocycles. The molecule has 0 aliphatic carbocycles. The molecule has 0 unspecified atom stereocenters. The maximum Gasteiger partial charge on any atom is 0.250 e. The number of phenolic OH excluding ortho intramolecular Hbond substituents is 1. The maximum atomic E-state index is 12.3. The molecule has 10 heteroatoms. The zero-order chi connectivity index (χ0) is 25.9. The van der Waals surface area contributed by atoms with Gasteiger partial charge in [0.05, 0.1) is 15.6 Å². The van der Waals surface area contributed by atoms with Crippen LogP contribution < -0.4 is 10.6 Å². The van der Waals surface area contributed by atoms with E-state index in [4.69, 9.17) is 44.3 Å². The fraction of sp³-hybridized carbons (Fsp3) is 0. The molecule has 3 aromatic carbocycles. The molecule has 2 heterocycles. The lowest BCUT2D eigenvalue weighted by Gasteiger charge is -2.09. The predicted octanol–water partition coefficient (Wildman–Crippen LogP) is 7.29. The van der Waals surface area contributed by atoms with Crippen molar-refractivity contribution in [3.8, 4) is 28.5 Å². The number of thiocarbonyl (C=S) groups is 1. The van der Waals surface area contributed by atoms with Gasteiger partial charge >= 0.3 is 0 Å². The summed E-state index contributed by atoms with van der Waals surface area (Å²) in [6, 6.07) is 20.8. The number of oxazole rings is 1. The van der Waals surface area contributed by atoms with Gasteiger partial charge in [0.1, 0.15) is 22.8 Å². The van der Waals surface area contributed by atoms with Crippen LogP contribution in [0.5, 0.6) is 5.75 Å². The van der Waals surface area contributed by atoms with E-state index >= 15 is 0 Å². The van der Waals surface area contributed by atoms with Crippen LogP contribution in [0.4, 0.5) is 5.69 Å². The van der Waals surface area contributed by atoms with Crippen LogP contribution in [0.2, 0.25) is 10.0 Å². The Kier molecular flexibility index (Phi) is 6.96. The molecule has 1 amide bonds. The molecule has 0 atom stereocenters. The van der Waals surface area contributed by atoms with Crippen molar-refractivity contribution in [3.05, 3.63) is 94.7 Å². The summed E-state index contributed by atoms with van der Waals surface area (Å²) in [4.78, 5) is 16.7. The van der Waals surface area contributed by atoms with E-state index in [-0.39, 0.29) is 10.9 Å². The second kappa shape index (κ2) is 10.5. The van der Waals surface area contributed by atoms with Crippen molar-refractivity contribution in [2.75, 3.05) is 5.32 Å². The highest BCUT2D eigenvalue weighted by molar-refractivity contribution is 7.80. The van der Waals surface area contributed by atoms with Crippen LogP contribution in [0, 0.1) is 0 Å². The second-order valence-corrected chi connectivity index (χ2v) is 8.99. The number of aromatic hydroxyl groups is 1. The predicted molar refractivity (Wildman–Crippen MR) is 149 cm³/mol. The Morgan fingerprint density at radius 3 is 2.62 bits per heavy atom. The molecular formula is C27H17Cl2N3O4S. The average Bonchev–Trinajstić information content (AvgIpc) is 3.51. The molecule has 0 spiro atoms. The fourth-order valence-electron chi connectivity index (χ4n) is 3.53. The normalized spacial score (nSPS) is 11.2. The molecule has 0 saturated heterocycles. The molecule has 3 N–H and O–H groups in total. The number of benzene rings is 3. The molecule has 5 aromatic rings. The largest absolute Gasteiger partial charge is 0.507 e. The molecule has 0 bridgehead atoms.